The lowest BCUT2D eigenvalue weighted by molar-refractivity contribution is 0.0649. The third-order valence-electron chi connectivity index (χ3n) is 5.24. The number of nitrogens with zero attached hydrogens (tertiary/aromatic N) is 3. The zero-order valence-corrected chi connectivity index (χ0v) is 16.6. The predicted molar refractivity (Wildman–Crippen MR) is 112 cm³/mol. The molecule has 0 aliphatic carbocycles. The fourth-order valence-electron chi connectivity index (χ4n) is 3.45. The number of pyridine rings is 1. The van der Waals surface area contributed by atoms with Crippen LogP contribution in [-0.2, 0) is 0 Å². The van der Waals surface area contributed by atoms with Gasteiger partial charge in [-0.05, 0) is 25.6 Å². The molecule has 2 N–H and O–H groups in total. The maximum atomic E-state index is 13.0. The quantitative estimate of drug-likeness (QED) is 0.754. The van der Waals surface area contributed by atoms with Gasteiger partial charge in [-0.2, -0.15) is 0 Å². The lowest BCUT2D eigenvalue weighted by atomic mass is 10.1. The highest BCUT2D eigenvalue weighted by molar-refractivity contribution is 7.21. The minimum Gasteiger partial charge on any atom is -0.397 e. The second-order valence-corrected chi connectivity index (χ2v) is 7.99. The molecular formula is C21H24N4OS. The zero-order valence-electron chi connectivity index (χ0n) is 15.7. The van der Waals surface area contributed by atoms with Gasteiger partial charge >= 0.3 is 0 Å². The van der Waals surface area contributed by atoms with Gasteiger partial charge in [-0.1, -0.05) is 36.8 Å². The molecule has 140 valence electrons. The van der Waals surface area contributed by atoms with Gasteiger partial charge < -0.3 is 15.5 Å². The second kappa shape index (κ2) is 7.29. The first kappa shape index (κ1) is 17.9. The molecule has 27 heavy (non-hydrogen) atoms. The number of thiophene rings is 1. The first-order valence-electron chi connectivity index (χ1n) is 9.34. The normalized spacial score (nSPS) is 15.4. The minimum atomic E-state index is 0.0307. The summed E-state index contributed by atoms with van der Waals surface area (Å²) in [5.41, 5.74) is 10.1. The molecule has 0 unspecified atom stereocenters. The summed E-state index contributed by atoms with van der Waals surface area (Å²) in [6, 6.07) is 12.3. The summed E-state index contributed by atoms with van der Waals surface area (Å²) in [4.78, 5) is 23.5. The van der Waals surface area contributed by atoms with Crippen molar-refractivity contribution in [2.75, 3.05) is 38.5 Å². The summed E-state index contributed by atoms with van der Waals surface area (Å²) in [7, 11) is 0. The Morgan fingerprint density at radius 3 is 2.48 bits per heavy atom. The molecule has 0 bridgehead atoms. The largest absolute Gasteiger partial charge is 0.397 e. The van der Waals surface area contributed by atoms with E-state index in [-0.39, 0.29) is 5.91 Å². The number of carbonyl (C=O) groups excluding carboxylic acids is 1. The Labute approximate surface area is 163 Å². The van der Waals surface area contributed by atoms with Crippen LogP contribution in [0.25, 0.3) is 21.5 Å². The van der Waals surface area contributed by atoms with Crippen LogP contribution in [0.2, 0.25) is 0 Å². The van der Waals surface area contributed by atoms with Crippen molar-refractivity contribution in [3.8, 4) is 11.3 Å². The molecule has 0 radical (unpaired) electrons. The summed E-state index contributed by atoms with van der Waals surface area (Å²) >= 11 is 1.40. The number of likely N-dealkylation sites (N-methyl/N-ethyl adjacent to an activating group) is 1. The Morgan fingerprint density at radius 2 is 1.81 bits per heavy atom. The first-order valence-corrected chi connectivity index (χ1v) is 10.2. The number of nitrogens with two attached hydrogens (primary N) is 1. The number of rotatable bonds is 3. The molecule has 3 aromatic rings. The van der Waals surface area contributed by atoms with Gasteiger partial charge in [0.2, 0.25) is 0 Å². The van der Waals surface area contributed by atoms with Crippen LogP contribution in [0.1, 0.15) is 22.2 Å². The lowest BCUT2D eigenvalue weighted by Crippen LogP contribution is -2.48. The molecule has 6 heteroatoms. The van der Waals surface area contributed by atoms with E-state index in [2.05, 4.69) is 43.0 Å². The molecule has 1 saturated heterocycles. The lowest BCUT2D eigenvalue weighted by Gasteiger charge is -2.33. The number of nitrogen functional groups attached to an aromatic ring is 1. The van der Waals surface area contributed by atoms with Gasteiger partial charge in [-0.3, -0.25) is 4.79 Å². The summed E-state index contributed by atoms with van der Waals surface area (Å²) in [5.74, 6) is 0.0307. The van der Waals surface area contributed by atoms with Gasteiger partial charge in [0.1, 0.15) is 9.71 Å². The van der Waals surface area contributed by atoms with E-state index in [1.54, 1.807) is 0 Å². The van der Waals surface area contributed by atoms with Crippen LogP contribution in [0.4, 0.5) is 5.69 Å². The topological polar surface area (TPSA) is 62.5 Å². The maximum Gasteiger partial charge on any atom is 0.266 e. The van der Waals surface area contributed by atoms with Crippen LogP contribution in [0, 0.1) is 6.92 Å². The van der Waals surface area contributed by atoms with E-state index in [0.717, 1.165) is 54.2 Å². The van der Waals surface area contributed by atoms with Crippen LogP contribution < -0.4 is 5.73 Å². The number of piperazine rings is 1. The summed E-state index contributed by atoms with van der Waals surface area (Å²) in [6.07, 6.45) is 0. The Hall–Kier alpha value is -2.44. The number of aromatic nitrogens is 1. The zero-order chi connectivity index (χ0) is 19.0. The van der Waals surface area contributed by atoms with Crippen molar-refractivity contribution in [3.63, 3.8) is 0 Å². The molecule has 0 atom stereocenters. The van der Waals surface area contributed by atoms with Crippen LogP contribution in [0.15, 0.2) is 36.4 Å². The minimum absolute atomic E-state index is 0.0307. The number of anilines is 1. The van der Waals surface area contributed by atoms with Crippen molar-refractivity contribution in [2.24, 2.45) is 0 Å². The number of fused-ring (bicyclic) bond motifs is 1. The number of carbonyl (C=O) groups is 1. The summed E-state index contributed by atoms with van der Waals surface area (Å²) < 4.78 is 0. The second-order valence-electron chi connectivity index (χ2n) is 6.99. The number of hydrogen-bond donors (Lipinski definition) is 1. The molecular weight excluding hydrogens is 356 g/mol. The van der Waals surface area contributed by atoms with E-state index in [0.29, 0.717) is 10.6 Å². The van der Waals surface area contributed by atoms with Gasteiger partial charge in [0, 0.05) is 37.1 Å². The predicted octanol–water partition coefficient (Wildman–Crippen LogP) is 3.63. The Kier molecular flexibility index (Phi) is 4.85. The van der Waals surface area contributed by atoms with Crippen molar-refractivity contribution in [1.82, 2.24) is 14.8 Å². The molecule has 5 nitrogen and oxygen atoms in total. The number of amides is 1. The van der Waals surface area contributed by atoms with Gasteiger partial charge in [-0.15, -0.1) is 11.3 Å². The number of hydrogen-bond acceptors (Lipinski definition) is 5. The van der Waals surface area contributed by atoms with Crippen LogP contribution in [0.3, 0.4) is 0 Å². The smallest absolute Gasteiger partial charge is 0.266 e. The van der Waals surface area contributed by atoms with Crippen LogP contribution in [0.5, 0.6) is 0 Å². The van der Waals surface area contributed by atoms with E-state index < -0.39 is 0 Å². The third-order valence-corrected chi connectivity index (χ3v) is 6.35. The standard InChI is InChI=1S/C21H24N4OS/c1-3-24-10-12-25(13-11-24)21(26)19-18(22)16-8-9-17(23-20(16)27-19)15-6-4-14(2)5-7-15/h4-9H,3,10-13,22H2,1-2H3. The highest BCUT2D eigenvalue weighted by Crippen LogP contribution is 2.35. The molecule has 2 aromatic heterocycles. The van der Waals surface area contributed by atoms with Crippen LogP contribution in [-0.4, -0.2) is 53.4 Å². The van der Waals surface area contributed by atoms with Gasteiger partial charge in [0.05, 0.1) is 11.4 Å². The number of benzene rings is 1. The molecule has 3 heterocycles. The molecule has 1 aromatic carbocycles. The molecule has 0 saturated carbocycles. The average molecular weight is 381 g/mol. The fraction of sp³-hybridized carbons (Fsp3) is 0.333. The fourth-order valence-corrected chi connectivity index (χ4v) is 4.51. The monoisotopic (exact) mass is 380 g/mol. The Balaban J connectivity index is 1.63. The van der Waals surface area contributed by atoms with E-state index in [9.17, 15) is 4.79 Å². The highest BCUT2D eigenvalue weighted by atomic mass is 32.1. The maximum absolute atomic E-state index is 13.0. The summed E-state index contributed by atoms with van der Waals surface area (Å²) in [6.45, 7) is 8.59. The molecule has 1 aliphatic heterocycles. The van der Waals surface area contributed by atoms with Crippen molar-refractivity contribution >= 4 is 33.1 Å². The van der Waals surface area contributed by atoms with Crippen molar-refractivity contribution in [1.29, 1.82) is 0 Å². The third kappa shape index (κ3) is 3.42. The van der Waals surface area contributed by atoms with Gasteiger partial charge in [0.15, 0.2) is 0 Å². The van der Waals surface area contributed by atoms with Crippen molar-refractivity contribution < 1.29 is 4.79 Å². The molecule has 1 amide bonds. The van der Waals surface area contributed by atoms with Gasteiger partial charge in [-0.25, -0.2) is 4.98 Å². The van der Waals surface area contributed by atoms with E-state index >= 15 is 0 Å². The van der Waals surface area contributed by atoms with Gasteiger partial charge in [0.25, 0.3) is 5.91 Å². The van der Waals surface area contributed by atoms with E-state index in [1.165, 1.54) is 16.9 Å². The molecule has 0 spiro atoms. The molecule has 1 aliphatic rings. The van der Waals surface area contributed by atoms with E-state index in [1.807, 2.05) is 17.0 Å². The Bertz CT molecular complexity index is 972. The first-order chi connectivity index (χ1) is 13.1. The number of aryl methyl sites for hydroxylation is 1. The molecule has 4 rings (SSSR count). The SMILES string of the molecule is CCN1CCN(C(=O)c2sc3nc(-c4ccc(C)cc4)ccc3c2N)CC1. The highest BCUT2D eigenvalue weighted by Gasteiger charge is 2.25. The molecule has 1 fully saturated rings. The Morgan fingerprint density at radius 1 is 1.11 bits per heavy atom. The van der Waals surface area contributed by atoms with E-state index in [4.69, 9.17) is 10.7 Å². The van der Waals surface area contributed by atoms with Crippen molar-refractivity contribution in [3.05, 3.63) is 46.8 Å². The average Bonchev–Trinajstić information content (AvgIpc) is 3.04. The summed E-state index contributed by atoms with van der Waals surface area (Å²) in [5, 5.41) is 0.867. The van der Waals surface area contributed by atoms with Crippen molar-refractivity contribution in [2.45, 2.75) is 13.8 Å². The van der Waals surface area contributed by atoms with Crippen LogP contribution >= 0.6 is 11.3 Å².